The highest BCUT2D eigenvalue weighted by Crippen LogP contribution is 2.41. The highest BCUT2D eigenvalue weighted by molar-refractivity contribution is 5.93. The van der Waals surface area contributed by atoms with Gasteiger partial charge in [-0.2, -0.15) is 10.1 Å². The van der Waals surface area contributed by atoms with Crippen molar-refractivity contribution in [3.63, 3.8) is 0 Å². The van der Waals surface area contributed by atoms with Crippen molar-refractivity contribution in [3.05, 3.63) is 77.6 Å². The Labute approximate surface area is 158 Å². The Morgan fingerprint density at radius 3 is 2.48 bits per heavy atom. The molecule has 1 aliphatic heterocycles. The molecule has 0 unspecified atom stereocenters. The number of benzene rings is 2. The number of ether oxygens (including phenoxy) is 1. The van der Waals surface area contributed by atoms with Crippen LogP contribution in [0.3, 0.4) is 0 Å². The molecular formula is C21H22N4O2. The second-order valence-corrected chi connectivity index (χ2v) is 6.79. The Morgan fingerprint density at radius 2 is 1.78 bits per heavy atom. The molecule has 0 bridgehead atoms. The lowest BCUT2D eigenvalue weighted by Crippen LogP contribution is -2.44. The first-order chi connectivity index (χ1) is 13.2. The zero-order valence-corrected chi connectivity index (χ0v) is 15.4. The first-order valence-electron chi connectivity index (χ1n) is 9.01. The van der Waals surface area contributed by atoms with E-state index in [1.54, 1.807) is 4.90 Å². The van der Waals surface area contributed by atoms with Gasteiger partial charge in [-0.3, -0.25) is 9.69 Å². The fourth-order valence-corrected chi connectivity index (χ4v) is 3.70. The van der Waals surface area contributed by atoms with E-state index in [1.807, 2.05) is 22.9 Å². The molecule has 0 saturated carbocycles. The quantitative estimate of drug-likeness (QED) is 0.714. The summed E-state index contributed by atoms with van der Waals surface area (Å²) in [5.74, 6) is 0.437. The van der Waals surface area contributed by atoms with Crippen molar-refractivity contribution in [3.8, 4) is 0 Å². The molecule has 27 heavy (non-hydrogen) atoms. The zero-order valence-electron chi connectivity index (χ0n) is 15.4. The fraction of sp³-hybridized carbons (Fsp3) is 0.286. The average Bonchev–Trinajstić information content (AvgIpc) is 3.18. The van der Waals surface area contributed by atoms with Crippen molar-refractivity contribution in [2.24, 2.45) is 0 Å². The molecule has 6 heteroatoms. The standard InChI is InChI=1S/C21H22N4O2/c1-15-8-10-17(11-9-15)18-12-19(16-6-4-3-5-7-16)25-21(22-14-23-25)24(18)20(26)13-27-2/h3-11,14,18-19H,12-13H2,1-2H3/t18-,19-/m0/s1. The second kappa shape index (κ2) is 7.32. The molecule has 0 N–H and O–H groups in total. The number of carbonyl (C=O) groups excluding carboxylic acids is 1. The Hall–Kier alpha value is -2.99. The summed E-state index contributed by atoms with van der Waals surface area (Å²) in [5, 5.41) is 4.42. The Kier molecular flexibility index (Phi) is 4.73. The van der Waals surface area contributed by atoms with Crippen LogP contribution in [0.2, 0.25) is 0 Å². The van der Waals surface area contributed by atoms with Gasteiger partial charge in [0.1, 0.15) is 12.9 Å². The number of methoxy groups -OCH3 is 1. The van der Waals surface area contributed by atoms with Gasteiger partial charge in [-0.1, -0.05) is 60.2 Å². The monoisotopic (exact) mass is 362 g/mol. The third-order valence-corrected chi connectivity index (χ3v) is 5.01. The van der Waals surface area contributed by atoms with E-state index in [-0.39, 0.29) is 24.6 Å². The van der Waals surface area contributed by atoms with Crippen LogP contribution in [0.1, 0.15) is 35.2 Å². The van der Waals surface area contributed by atoms with Gasteiger partial charge in [0, 0.05) is 7.11 Å². The summed E-state index contributed by atoms with van der Waals surface area (Å²) in [5.41, 5.74) is 3.42. The number of hydrogen-bond donors (Lipinski definition) is 0. The van der Waals surface area contributed by atoms with Crippen LogP contribution in [0.25, 0.3) is 0 Å². The van der Waals surface area contributed by atoms with Crippen molar-refractivity contribution in [2.45, 2.75) is 25.4 Å². The summed E-state index contributed by atoms with van der Waals surface area (Å²) in [6.07, 6.45) is 2.23. The molecule has 0 fully saturated rings. The lowest BCUT2D eigenvalue weighted by Gasteiger charge is -2.39. The van der Waals surface area contributed by atoms with Gasteiger partial charge in [0.2, 0.25) is 5.95 Å². The molecule has 2 atom stereocenters. The van der Waals surface area contributed by atoms with Gasteiger partial charge in [0.15, 0.2) is 0 Å². The maximum atomic E-state index is 12.9. The van der Waals surface area contributed by atoms with E-state index in [0.717, 1.165) is 17.5 Å². The van der Waals surface area contributed by atoms with E-state index in [0.29, 0.717) is 5.95 Å². The van der Waals surface area contributed by atoms with E-state index in [9.17, 15) is 4.79 Å². The van der Waals surface area contributed by atoms with Gasteiger partial charge in [0.25, 0.3) is 5.91 Å². The van der Waals surface area contributed by atoms with Gasteiger partial charge >= 0.3 is 0 Å². The minimum atomic E-state index is -0.129. The normalized spacial score (nSPS) is 19.0. The van der Waals surface area contributed by atoms with Crippen molar-refractivity contribution in [1.29, 1.82) is 0 Å². The number of fused-ring (bicyclic) bond motifs is 1. The number of aryl methyl sites for hydroxylation is 1. The lowest BCUT2D eigenvalue weighted by molar-refractivity contribution is -0.123. The number of carbonyl (C=O) groups is 1. The molecule has 0 saturated heterocycles. The van der Waals surface area contributed by atoms with Crippen LogP contribution in [0.15, 0.2) is 60.9 Å². The van der Waals surface area contributed by atoms with E-state index < -0.39 is 0 Å². The predicted molar refractivity (Wildman–Crippen MR) is 103 cm³/mol. The molecule has 1 aliphatic rings. The summed E-state index contributed by atoms with van der Waals surface area (Å²) >= 11 is 0. The molecule has 138 valence electrons. The first-order valence-corrected chi connectivity index (χ1v) is 9.01. The van der Waals surface area contributed by atoms with Crippen LogP contribution in [0, 0.1) is 6.92 Å². The number of aromatic nitrogens is 3. The minimum absolute atomic E-state index is 0.00518. The second-order valence-electron chi connectivity index (χ2n) is 6.79. The van der Waals surface area contributed by atoms with E-state index >= 15 is 0 Å². The number of rotatable bonds is 4. The molecular weight excluding hydrogens is 340 g/mol. The van der Waals surface area contributed by atoms with Crippen molar-refractivity contribution < 1.29 is 9.53 Å². The molecule has 0 aliphatic carbocycles. The Morgan fingerprint density at radius 1 is 1.07 bits per heavy atom. The summed E-state index contributed by atoms with van der Waals surface area (Å²) in [6, 6.07) is 18.4. The summed E-state index contributed by atoms with van der Waals surface area (Å²) in [7, 11) is 1.53. The maximum absolute atomic E-state index is 12.9. The van der Waals surface area contributed by atoms with Gasteiger partial charge in [-0.05, 0) is 24.5 Å². The Balaban J connectivity index is 1.82. The number of anilines is 1. The summed E-state index contributed by atoms with van der Waals surface area (Å²) in [4.78, 5) is 19.0. The van der Waals surface area contributed by atoms with Crippen LogP contribution in [-0.4, -0.2) is 34.4 Å². The lowest BCUT2D eigenvalue weighted by atomic mass is 9.91. The minimum Gasteiger partial charge on any atom is -0.375 e. The van der Waals surface area contributed by atoms with Crippen LogP contribution in [-0.2, 0) is 9.53 Å². The largest absolute Gasteiger partial charge is 0.375 e. The molecule has 1 aromatic heterocycles. The molecule has 0 spiro atoms. The van der Waals surface area contributed by atoms with Crippen molar-refractivity contribution >= 4 is 11.9 Å². The van der Waals surface area contributed by atoms with Crippen molar-refractivity contribution in [2.75, 3.05) is 18.6 Å². The molecule has 4 rings (SSSR count). The van der Waals surface area contributed by atoms with Crippen LogP contribution >= 0.6 is 0 Å². The summed E-state index contributed by atoms with van der Waals surface area (Å²) in [6.45, 7) is 2.06. The molecule has 2 heterocycles. The third-order valence-electron chi connectivity index (χ3n) is 5.01. The highest BCUT2D eigenvalue weighted by Gasteiger charge is 2.39. The molecule has 6 nitrogen and oxygen atoms in total. The topological polar surface area (TPSA) is 60.2 Å². The maximum Gasteiger partial charge on any atom is 0.255 e. The van der Waals surface area contributed by atoms with Gasteiger partial charge < -0.3 is 4.74 Å². The fourth-order valence-electron chi connectivity index (χ4n) is 3.70. The smallest absolute Gasteiger partial charge is 0.255 e. The van der Waals surface area contributed by atoms with Gasteiger partial charge in [-0.15, -0.1) is 0 Å². The zero-order chi connectivity index (χ0) is 18.8. The van der Waals surface area contributed by atoms with Crippen LogP contribution < -0.4 is 4.90 Å². The molecule has 3 aromatic rings. The SMILES string of the molecule is COCC(=O)N1c2ncnn2[C@H](c2ccccc2)C[C@H]1c1ccc(C)cc1. The average molecular weight is 362 g/mol. The van der Waals surface area contributed by atoms with E-state index in [2.05, 4.69) is 53.4 Å². The molecule has 1 amide bonds. The third kappa shape index (κ3) is 3.24. The predicted octanol–water partition coefficient (Wildman–Crippen LogP) is 3.30. The van der Waals surface area contributed by atoms with Crippen molar-refractivity contribution in [1.82, 2.24) is 14.8 Å². The van der Waals surface area contributed by atoms with Crippen LogP contribution in [0.5, 0.6) is 0 Å². The number of hydrogen-bond acceptors (Lipinski definition) is 4. The summed E-state index contributed by atoms with van der Waals surface area (Å²) < 4.78 is 6.96. The van der Waals surface area contributed by atoms with E-state index in [4.69, 9.17) is 4.74 Å². The number of amides is 1. The van der Waals surface area contributed by atoms with Gasteiger partial charge in [0.05, 0.1) is 12.1 Å². The number of nitrogens with zero attached hydrogens (tertiary/aromatic N) is 4. The van der Waals surface area contributed by atoms with E-state index in [1.165, 1.54) is 19.0 Å². The highest BCUT2D eigenvalue weighted by atomic mass is 16.5. The molecule has 0 radical (unpaired) electrons. The van der Waals surface area contributed by atoms with Gasteiger partial charge in [-0.25, -0.2) is 4.68 Å². The molecule has 2 aromatic carbocycles. The Bertz CT molecular complexity index is 921. The first kappa shape index (κ1) is 17.4. The van der Waals surface area contributed by atoms with Crippen LogP contribution in [0.4, 0.5) is 5.95 Å².